The van der Waals surface area contributed by atoms with Gasteiger partial charge in [0.2, 0.25) is 5.91 Å². The van der Waals surface area contributed by atoms with E-state index in [1.807, 2.05) is 48.5 Å². The van der Waals surface area contributed by atoms with Gasteiger partial charge < -0.3 is 15.4 Å². The molecular formula is C26H25ClN4O4. The van der Waals surface area contributed by atoms with E-state index in [9.17, 15) is 14.4 Å². The number of hydrogen-bond donors (Lipinski definition) is 1. The SMILES string of the molecule is CN1C(=O)CN(N(C(=O)CN)C(=O)OCc2ccccc2)C(c2ccccc2)c2cc(Cl)ccc21. The van der Waals surface area contributed by atoms with Gasteiger partial charge in [-0.05, 0) is 29.3 Å². The Bertz CT molecular complexity index is 1220. The van der Waals surface area contributed by atoms with Crippen LogP contribution in [0.5, 0.6) is 0 Å². The number of amides is 3. The van der Waals surface area contributed by atoms with Gasteiger partial charge in [0.15, 0.2) is 0 Å². The number of nitrogens with zero attached hydrogens (tertiary/aromatic N) is 3. The van der Waals surface area contributed by atoms with Crippen LogP contribution in [0.15, 0.2) is 78.9 Å². The van der Waals surface area contributed by atoms with Crippen molar-refractivity contribution in [3.63, 3.8) is 0 Å². The summed E-state index contributed by atoms with van der Waals surface area (Å²) in [4.78, 5) is 41.0. The smallest absolute Gasteiger partial charge is 0.432 e. The van der Waals surface area contributed by atoms with Crippen LogP contribution in [-0.2, 0) is 20.9 Å². The number of imide groups is 1. The fraction of sp³-hybridized carbons (Fsp3) is 0.192. The minimum Gasteiger partial charge on any atom is -0.443 e. The summed E-state index contributed by atoms with van der Waals surface area (Å²) >= 11 is 6.35. The fourth-order valence-corrected chi connectivity index (χ4v) is 4.25. The first-order valence-electron chi connectivity index (χ1n) is 11.0. The molecule has 0 bridgehead atoms. The zero-order valence-corrected chi connectivity index (χ0v) is 19.9. The van der Waals surface area contributed by atoms with Crippen LogP contribution in [0.3, 0.4) is 0 Å². The van der Waals surface area contributed by atoms with Crippen molar-refractivity contribution in [3.05, 3.63) is 101 Å². The lowest BCUT2D eigenvalue weighted by atomic mass is 9.96. The molecule has 0 spiro atoms. The number of ether oxygens (including phenoxy) is 1. The Morgan fingerprint density at radius 1 is 1.06 bits per heavy atom. The van der Waals surface area contributed by atoms with Crippen molar-refractivity contribution in [3.8, 4) is 0 Å². The zero-order chi connectivity index (χ0) is 24.9. The number of benzene rings is 3. The van der Waals surface area contributed by atoms with E-state index in [1.54, 1.807) is 37.4 Å². The van der Waals surface area contributed by atoms with Crippen molar-refractivity contribution in [2.24, 2.45) is 5.73 Å². The Balaban J connectivity index is 1.81. The predicted octanol–water partition coefficient (Wildman–Crippen LogP) is 3.75. The fourth-order valence-electron chi connectivity index (χ4n) is 4.07. The Labute approximate surface area is 208 Å². The molecule has 0 aliphatic carbocycles. The molecule has 1 unspecified atom stereocenters. The maximum absolute atomic E-state index is 13.3. The molecule has 3 aromatic carbocycles. The third-order valence-corrected chi connectivity index (χ3v) is 6.01. The molecule has 3 aromatic rings. The molecule has 9 heteroatoms. The van der Waals surface area contributed by atoms with E-state index < -0.39 is 24.6 Å². The minimum atomic E-state index is -0.925. The lowest BCUT2D eigenvalue weighted by molar-refractivity contribution is -0.148. The number of anilines is 1. The van der Waals surface area contributed by atoms with E-state index in [0.717, 1.165) is 16.1 Å². The first-order valence-corrected chi connectivity index (χ1v) is 11.4. The van der Waals surface area contributed by atoms with Crippen LogP contribution < -0.4 is 10.6 Å². The summed E-state index contributed by atoms with van der Waals surface area (Å²) in [5.41, 5.74) is 8.47. The van der Waals surface area contributed by atoms with Crippen molar-refractivity contribution >= 4 is 35.2 Å². The summed E-state index contributed by atoms with van der Waals surface area (Å²) in [6, 6.07) is 22.8. The Hall–Kier alpha value is -3.72. The molecule has 4 rings (SSSR count). The van der Waals surface area contributed by atoms with Crippen LogP contribution in [0.25, 0.3) is 0 Å². The topological polar surface area (TPSA) is 96.2 Å². The molecule has 0 aromatic heterocycles. The van der Waals surface area contributed by atoms with Gasteiger partial charge in [-0.2, -0.15) is 10.0 Å². The maximum atomic E-state index is 13.3. The Morgan fingerprint density at radius 2 is 1.71 bits per heavy atom. The molecule has 3 amide bonds. The second-order valence-corrected chi connectivity index (χ2v) is 8.45. The van der Waals surface area contributed by atoms with Crippen molar-refractivity contribution in [2.75, 3.05) is 25.0 Å². The molecule has 35 heavy (non-hydrogen) atoms. The molecule has 1 atom stereocenters. The lowest BCUT2D eigenvalue weighted by Crippen LogP contribution is -2.55. The van der Waals surface area contributed by atoms with E-state index in [-0.39, 0.29) is 19.1 Å². The van der Waals surface area contributed by atoms with Gasteiger partial charge in [-0.15, -0.1) is 0 Å². The molecular weight excluding hydrogens is 468 g/mol. The number of halogens is 1. The third kappa shape index (κ3) is 5.19. The Kier molecular flexibility index (Phi) is 7.45. The van der Waals surface area contributed by atoms with Crippen molar-refractivity contribution in [1.82, 2.24) is 10.0 Å². The van der Waals surface area contributed by atoms with Gasteiger partial charge in [-0.1, -0.05) is 72.3 Å². The molecule has 2 N–H and O–H groups in total. The molecule has 1 aliphatic heterocycles. The predicted molar refractivity (Wildman–Crippen MR) is 132 cm³/mol. The summed E-state index contributed by atoms with van der Waals surface area (Å²) < 4.78 is 5.48. The highest BCUT2D eigenvalue weighted by Gasteiger charge is 2.41. The number of fused-ring (bicyclic) bond motifs is 1. The normalized spacial score (nSPS) is 15.8. The third-order valence-electron chi connectivity index (χ3n) is 5.78. The number of nitrogens with two attached hydrogens (primary N) is 1. The standard InChI is InChI=1S/C26H25ClN4O4/c1-29-22-13-12-20(27)14-21(22)25(19-10-6-3-7-11-19)30(16-24(29)33)31(23(32)15-28)26(34)35-17-18-8-4-2-5-9-18/h2-14,25H,15-17,28H2,1H3. The van der Waals surface area contributed by atoms with Gasteiger partial charge in [0.05, 0.1) is 19.1 Å². The van der Waals surface area contributed by atoms with Crippen LogP contribution >= 0.6 is 11.6 Å². The molecule has 8 nitrogen and oxygen atoms in total. The molecule has 0 fully saturated rings. The molecule has 180 valence electrons. The molecule has 0 saturated heterocycles. The first-order chi connectivity index (χ1) is 16.9. The van der Waals surface area contributed by atoms with Crippen LogP contribution in [0.2, 0.25) is 5.02 Å². The van der Waals surface area contributed by atoms with Gasteiger partial charge in [0.1, 0.15) is 6.61 Å². The number of rotatable bonds is 5. The monoisotopic (exact) mass is 492 g/mol. The van der Waals surface area contributed by atoms with Gasteiger partial charge in [0, 0.05) is 23.3 Å². The van der Waals surface area contributed by atoms with Crippen molar-refractivity contribution in [1.29, 1.82) is 0 Å². The molecule has 0 saturated carbocycles. The quantitative estimate of drug-likeness (QED) is 0.582. The summed E-state index contributed by atoms with van der Waals surface area (Å²) in [5, 5.41) is 2.69. The van der Waals surface area contributed by atoms with Gasteiger partial charge >= 0.3 is 6.09 Å². The highest BCUT2D eigenvalue weighted by Crippen LogP contribution is 2.39. The van der Waals surface area contributed by atoms with Crippen molar-refractivity contribution in [2.45, 2.75) is 12.6 Å². The highest BCUT2D eigenvalue weighted by molar-refractivity contribution is 6.30. The highest BCUT2D eigenvalue weighted by atomic mass is 35.5. The van der Waals surface area contributed by atoms with E-state index in [0.29, 0.717) is 16.3 Å². The number of likely N-dealkylation sites (N-methyl/N-ethyl adjacent to an activating group) is 1. The Morgan fingerprint density at radius 3 is 2.37 bits per heavy atom. The first kappa shape index (κ1) is 24.4. The van der Waals surface area contributed by atoms with E-state index in [2.05, 4.69) is 0 Å². The number of carbonyl (C=O) groups is 3. The maximum Gasteiger partial charge on any atom is 0.432 e. The summed E-state index contributed by atoms with van der Waals surface area (Å²) in [6.07, 6.45) is -0.925. The van der Waals surface area contributed by atoms with Gasteiger partial charge in [-0.25, -0.2) is 4.79 Å². The lowest BCUT2D eigenvalue weighted by Gasteiger charge is -2.37. The summed E-state index contributed by atoms with van der Waals surface area (Å²) in [5.74, 6) is -1.03. The van der Waals surface area contributed by atoms with E-state index in [1.165, 1.54) is 9.91 Å². The zero-order valence-electron chi connectivity index (χ0n) is 19.1. The van der Waals surface area contributed by atoms with Crippen LogP contribution in [0, 0.1) is 0 Å². The average molecular weight is 493 g/mol. The van der Waals surface area contributed by atoms with Crippen LogP contribution in [0.4, 0.5) is 10.5 Å². The second-order valence-electron chi connectivity index (χ2n) is 8.02. The minimum absolute atomic E-state index is 0.0475. The summed E-state index contributed by atoms with van der Waals surface area (Å²) in [6.45, 7) is -0.770. The molecule has 1 aliphatic rings. The molecule has 1 heterocycles. The second kappa shape index (κ2) is 10.7. The van der Waals surface area contributed by atoms with Crippen molar-refractivity contribution < 1.29 is 19.1 Å². The average Bonchev–Trinajstić information content (AvgIpc) is 2.98. The van der Waals surface area contributed by atoms with E-state index >= 15 is 0 Å². The van der Waals surface area contributed by atoms with E-state index in [4.69, 9.17) is 22.1 Å². The molecule has 0 radical (unpaired) electrons. The van der Waals surface area contributed by atoms with Crippen LogP contribution in [0.1, 0.15) is 22.7 Å². The number of hydrazine groups is 1. The largest absolute Gasteiger partial charge is 0.443 e. The number of hydrogen-bond acceptors (Lipinski definition) is 6. The van der Waals surface area contributed by atoms with Gasteiger partial charge in [0.25, 0.3) is 5.91 Å². The van der Waals surface area contributed by atoms with Gasteiger partial charge in [-0.3, -0.25) is 9.59 Å². The van der Waals surface area contributed by atoms with Crippen LogP contribution in [-0.4, -0.2) is 48.1 Å². The summed E-state index contributed by atoms with van der Waals surface area (Å²) in [7, 11) is 1.64. The number of carbonyl (C=O) groups excluding carboxylic acids is 3.